The van der Waals surface area contributed by atoms with Crippen LogP contribution in [0.5, 0.6) is 5.75 Å². The zero-order valence-corrected chi connectivity index (χ0v) is 23.2. The lowest BCUT2D eigenvalue weighted by atomic mass is 9.95. The van der Waals surface area contributed by atoms with Crippen molar-refractivity contribution >= 4 is 33.4 Å². The number of morpholine rings is 1. The molecule has 0 aliphatic carbocycles. The number of halogens is 1. The molecular formula is C31H31BrN2O5. The van der Waals surface area contributed by atoms with Crippen molar-refractivity contribution in [3.05, 3.63) is 106 Å². The summed E-state index contributed by atoms with van der Waals surface area (Å²) in [4.78, 5) is 30.5. The molecule has 0 aromatic heterocycles. The van der Waals surface area contributed by atoms with Gasteiger partial charge in [0.25, 0.3) is 11.7 Å². The maximum atomic E-state index is 13.3. The fraction of sp³-hybridized carbons (Fsp3) is 0.290. The molecule has 3 aromatic rings. The number of ketones is 1. The van der Waals surface area contributed by atoms with Crippen LogP contribution in [0, 0.1) is 0 Å². The largest absolute Gasteiger partial charge is 0.507 e. The SMILES string of the molecule is O=C1C(=O)N(CCCN2CCOCC2)[C@H](c2ccc(OCc3ccccc3)cc2)C1=C(O)c1ccc(Br)cc1. The topological polar surface area (TPSA) is 79.3 Å². The number of carbonyl (C=O) groups is 2. The first-order valence-electron chi connectivity index (χ1n) is 13.1. The van der Waals surface area contributed by atoms with Gasteiger partial charge in [0, 0.05) is 36.2 Å². The average molecular weight is 592 g/mol. The molecular weight excluding hydrogens is 560 g/mol. The van der Waals surface area contributed by atoms with Crippen molar-refractivity contribution in [2.24, 2.45) is 0 Å². The Morgan fingerprint density at radius 2 is 1.62 bits per heavy atom. The molecule has 2 aliphatic heterocycles. The van der Waals surface area contributed by atoms with E-state index in [-0.39, 0.29) is 11.3 Å². The maximum Gasteiger partial charge on any atom is 0.295 e. The molecule has 3 aromatic carbocycles. The summed E-state index contributed by atoms with van der Waals surface area (Å²) in [7, 11) is 0. The van der Waals surface area contributed by atoms with Gasteiger partial charge < -0.3 is 19.5 Å². The summed E-state index contributed by atoms with van der Waals surface area (Å²) in [6, 6.07) is 23.6. The highest BCUT2D eigenvalue weighted by molar-refractivity contribution is 9.10. The van der Waals surface area contributed by atoms with Crippen LogP contribution in [0.3, 0.4) is 0 Å². The number of aliphatic hydroxyl groups is 1. The van der Waals surface area contributed by atoms with Crippen LogP contribution in [0.2, 0.25) is 0 Å². The number of aliphatic hydroxyl groups excluding tert-OH is 1. The predicted octanol–water partition coefficient (Wildman–Crippen LogP) is 5.17. The Hall–Kier alpha value is -3.46. The van der Waals surface area contributed by atoms with E-state index in [0.29, 0.717) is 44.1 Å². The molecule has 1 amide bonds. The Morgan fingerprint density at radius 1 is 0.923 bits per heavy atom. The smallest absolute Gasteiger partial charge is 0.295 e. The minimum atomic E-state index is -0.693. The van der Waals surface area contributed by atoms with E-state index in [1.54, 1.807) is 29.2 Å². The molecule has 39 heavy (non-hydrogen) atoms. The number of hydrogen-bond donors (Lipinski definition) is 1. The molecule has 2 aliphatic rings. The molecule has 8 heteroatoms. The van der Waals surface area contributed by atoms with Gasteiger partial charge in [0.2, 0.25) is 0 Å². The van der Waals surface area contributed by atoms with Gasteiger partial charge in [-0.2, -0.15) is 0 Å². The van der Waals surface area contributed by atoms with Crippen molar-refractivity contribution in [3.63, 3.8) is 0 Å². The van der Waals surface area contributed by atoms with Crippen molar-refractivity contribution in [1.29, 1.82) is 0 Å². The van der Waals surface area contributed by atoms with Gasteiger partial charge in [0.15, 0.2) is 0 Å². The summed E-state index contributed by atoms with van der Waals surface area (Å²) in [6.07, 6.45) is 0.708. The lowest BCUT2D eigenvalue weighted by Gasteiger charge is -2.29. The molecule has 202 valence electrons. The van der Waals surface area contributed by atoms with E-state index in [1.807, 2.05) is 54.6 Å². The zero-order valence-electron chi connectivity index (χ0n) is 21.6. The molecule has 0 spiro atoms. The monoisotopic (exact) mass is 590 g/mol. The van der Waals surface area contributed by atoms with Gasteiger partial charge in [-0.25, -0.2) is 0 Å². The van der Waals surface area contributed by atoms with Crippen molar-refractivity contribution in [2.75, 3.05) is 39.4 Å². The van der Waals surface area contributed by atoms with Gasteiger partial charge in [-0.05, 0) is 41.8 Å². The van der Waals surface area contributed by atoms with Crippen LogP contribution >= 0.6 is 15.9 Å². The highest BCUT2D eigenvalue weighted by atomic mass is 79.9. The van der Waals surface area contributed by atoms with Gasteiger partial charge in [0.1, 0.15) is 18.1 Å². The van der Waals surface area contributed by atoms with Crippen molar-refractivity contribution in [3.8, 4) is 5.75 Å². The third-order valence-corrected chi connectivity index (χ3v) is 7.61. The van der Waals surface area contributed by atoms with Gasteiger partial charge in [0.05, 0.1) is 24.8 Å². The van der Waals surface area contributed by atoms with E-state index in [2.05, 4.69) is 20.8 Å². The number of hydrogen-bond acceptors (Lipinski definition) is 6. The third kappa shape index (κ3) is 6.41. The van der Waals surface area contributed by atoms with Gasteiger partial charge in [-0.15, -0.1) is 0 Å². The van der Waals surface area contributed by atoms with Crippen LogP contribution < -0.4 is 4.74 Å². The zero-order chi connectivity index (χ0) is 27.2. The Bertz CT molecular complexity index is 1320. The second kappa shape index (κ2) is 12.6. The van der Waals surface area contributed by atoms with E-state index in [1.165, 1.54) is 0 Å². The lowest BCUT2D eigenvalue weighted by Crippen LogP contribution is -2.38. The Morgan fingerprint density at radius 3 is 2.31 bits per heavy atom. The first kappa shape index (κ1) is 27.1. The highest BCUT2D eigenvalue weighted by Gasteiger charge is 2.45. The second-order valence-corrected chi connectivity index (χ2v) is 10.6. The molecule has 7 nitrogen and oxygen atoms in total. The number of benzene rings is 3. The Kier molecular flexibility index (Phi) is 8.76. The van der Waals surface area contributed by atoms with Crippen LogP contribution in [-0.4, -0.2) is 66.0 Å². The van der Waals surface area contributed by atoms with Gasteiger partial charge in [-0.3, -0.25) is 14.5 Å². The fourth-order valence-corrected chi connectivity index (χ4v) is 5.26. The molecule has 1 atom stereocenters. The summed E-state index contributed by atoms with van der Waals surface area (Å²) >= 11 is 3.40. The fourth-order valence-electron chi connectivity index (χ4n) is 5.00. The minimum Gasteiger partial charge on any atom is -0.507 e. The third-order valence-electron chi connectivity index (χ3n) is 7.08. The van der Waals surface area contributed by atoms with Crippen molar-refractivity contribution in [1.82, 2.24) is 9.80 Å². The summed E-state index contributed by atoms with van der Waals surface area (Å²) in [6.45, 7) is 4.76. The average Bonchev–Trinajstić information content (AvgIpc) is 3.22. The van der Waals surface area contributed by atoms with Crippen LogP contribution in [0.1, 0.15) is 29.2 Å². The first-order valence-corrected chi connectivity index (χ1v) is 13.9. The second-order valence-electron chi connectivity index (χ2n) is 9.65. The summed E-state index contributed by atoms with van der Waals surface area (Å²) < 4.78 is 12.2. The quantitative estimate of drug-likeness (QED) is 0.210. The number of carbonyl (C=O) groups excluding carboxylic acids is 2. The lowest BCUT2D eigenvalue weighted by molar-refractivity contribution is -0.140. The molecule has 5 rings (SSSR count). The number of amides is 1. The summed E-state index contributed by atoms with van der Waals surface area (Å²) in [5.74, 6) is -0.757. The van der Waals surface area contributed by atoms with Crippen LogP contribution in [0.4, 0.5) is 0 Å². The van der Waals surface area contributed by atoms with Crippen LogP contribution in [0.15, 0.2) is 88.9 Å². The maximum absolute atomic E-state index is 13.3. The molecule has 0 bridgehead atoms. The van der Waals surface area contributed by atoms with Gasteiger partial charge >= 0.3 is 0 Å². The van der Waals surface area contributed by atoms with Crippen LogP contribution in [-0.2, 0) is 20.9 Å². The Balaban J connectivity index is 1.41. The van der Waals surface area contributed by atoms with E-state index in [0.717, 1.165) is 35.2 Å². The number of rotatable bonds is 9. The molecule has 2 heterocycles. The number of nitrogens with zero attached hydrogens (tertiary/aromatic N) is 2. The van der Waals surface area contributed by atoms with E-state index in [9.17, 15) is 14.7 Å². The minimum absolute atomic E-state index is 0.103. The molecule has 0 unspecified atom stereocenters. The van der Waals surface area contributed by atoms with E-state index >= 15 is 0 Å². The summed E-state index contributed by atoms with van der Waals surface area (Å²) in [5, 5.41) is 11.3. The van der Waals surface area contributed by atoms with Crippen molar-refractivity contribution < 1.29 is 24.2 Å². The van der Waals surface area contributed by atoms with E-state index in [4.69, 9.17) is 9.47 Å². The normalized spacial score (nSPS) is 19.4. The van der Waals surface area contributed by atoms with Crippen LogP contribution in [0.25, 0.3) is 5.76 Å². The molecule has 0 radical (unpaired) electrons. The Labute approximate surface area is 236 Å². The van der Waals surface area contributed by atoms with Gasteiger partial charge in [-0.1, -0.05) is 70.5 Å². The molecule has 0 saturated carbocycles. The highest BCUT2D eigenvalue weighted by Crippen LogP contribution is 2.40. The van der Waals surface area contributed by atoms with E-state index < -0.39 is 17.7 Å². The van der Waals surface area contributed by atoms with Crippen molar-refractivity contribution in [2.45, 2.75) is 19.1 Å². The standard InChI is InChI=1S/C31H31BrN2O5/c32-25-11-7-24(8-12-25)29(35)27-28(23-9-13-26(14-10-23)39-21-22-5-2-1-3-6-22)34(31(37)30(27)36)16-4-15-33-17-19-38-20-18-33/h1-3,5-14,28,35H,4,15-21H2/t28-/m1/s1. The number of Topliss-reactive ketones (excluding diaryl/α,β-unsaturated/α-hetero) is 1. The predicted molar refractivity (Wildman–Crippen MR) is 152 cm³/mol. The first-order chi connectivity index (χ1) is 19.0. The molecule has 1 N–H and O–H groups in total. The number of likely N-dealkylation sites (tertiary alicyclic amines) is 1. The molecule has 2 fully saturated rings. The summed E-state index contributed by atoms with van der Waals surface area (Å²) in [5.41, 5.74) is 2.39. The number of ether oxygens (including phenoxy) is 2. The molecule has 2 saturated heterocycles.